The van der Waals surface area contributed by atoms with Crippen molar-refractivity contribution >= 4 is 8.41 Å². The number of benzene rings is 3. The van der Waals surface area contributed by atoms with E-state index in [0.29, 0.717) is 0 Å². The molecule has 3 rings (SSSR count). The van der Waals surface area contributed by atoms with Gasteiger partial charge in [0.25, 0.3) is 0 Å². The molecular formula is C19H21BO2. The summed E-state index contributed by atoms with van der Waals surface area (Å²) in [4.78, 5) is 0. The lowest BCUT2D eigenvalue weighted by atomic mass is 10.3. The lowest BCUT2D eigenvalue weighted by molar-refractivity contribution is 0.415. The molecule has 3 aromatic carbocycles. The molecule has 0 aliphatic carbocycles. The van der Waals surface area contributed by atoms with Gasteiger partial charge in [-0.25, -0.2) is 0 Å². The minimum atomic E-state index is 0. The molecular weight excluding hydrogens is 271 g/mol. The second-order valence-corrected chi connectivity index (χ2v) is 4.25. The molecule has 0 unspecified atom stereocenters. The molecule has 0 radical (unpaired) electrons. The maximum atomic E-state index is 5.58. The largest absolute Gasteiger partial charge is 0.497 e. The highest BCUT2D eigenvalue weighted by Gasteiger charge is 1.92. The van der Waals surface area contributed by atoms with Gasteiger partial charge in [0.1, 0.15) is 17.2 Å². The lowest BCUT2D eigenvalue weighted by Crippen LogP contribution is -1.81. The van der Waals surface area contributed by atoms with Crippen LogP contribution in [0.15, 0.2) is 91.0 Å². The third-order valence-electron chi connectivity index (χ3n) is 2.70. The Bertz CT molecular complexity index is 575. The molecule has 0 bridgehead atoms. The van der Waals surface area contributed by atoms with Gasteiger partial charge in [0, 0.05) is 0 Å². The van der Waals surface area contributed by atoms with Gasteiger partial charge < -0.3 is 9.47 Å². The number of para-hydroxylation sites is 3. The third kappa shape index (κ3) is 6.18. The second-order valence-electron chi connectivity index (χ2n) is 4.25. The Hall–Kier alpha value is -2.68. The highest BCUT2D eigenvalue weighted by molar-refractivity contribution is 5.75. The van der Waals surface area contributed by atoms with Crippen LogP contribution < -0.4 is 9.47 Å². The highest BCUT2D eigenvalue weighted by Crippen LogP contribution is 2.19. The van der Waals surface area contributed by atoms with E-state index in [-0.39, 0.29) is 8.41 Å². The molecule has 0 heterocycles. The summed E-state index contributed by atoms with van der Waals surface area (Å²) in [5.74, 6) is 2.65. The summed E-state index contributed by atoms with van der Waals surface area (Å²) in [6.07, 6.45) is 0. The molecule has 112 valence electrons. The number of methoxy groups -OCH3 is 1. The van der Waals surface area contributed by atoms with Crippen molar-refractivity contribution in [3.63, 3.8) is 0 Å². The molecule has 0 fully saturated rings. The van der Waals surface area contributed by atoms with Crippen molar-refractivity contribution in [3.8, 4) is 17.2 Å². The molecule has 0 amide bonds. The first-order valence-electron chi connectivity index (χ1n) is 6.75. The summed E-state index contributed by atoms with van der Waals surface area (Å²) in [6.45, 7) is 0. The van der Waals surface area contributed by atoms with Gasteiger partial charge in [0.05, 0.1) is 15.5 Å². The standard InChI is InChI=1S/C12H10O.C7H8O.BH3/c1-3-7-11(8-4-1)13-12-9-5-2-6-10-12;1-8-7-5-3-2-4-6-7;/h1-10H;2-6H,1H3;1H3. The van der Waals surface area contributed by atoms with Gasteiger partial charge in [-0.2, -0.15) is 0 Å². The summed E-state index contributed by atoms with van der Waals surface area (Å²) in [6, 6.07) is 29.2. The van der Waals surface area contributed by atoms with Crippen LogP contribution in [0.1, 0.15) is 0 Å². The van der Waals surface area contributed by atoms with E-state index >= 15 is 0 Å². The quantitative estimate of drug-likeness (QED) is 0.680. The van der Waals surface area contributed by atoms with Crippen molar-refractivity contribution in [1.29, 1.82) is 0 Å². The van der Waals surface area contributed by atoms with E-state index in [9.17, 15) is 0 Å². The average Bonchev–Trinajstić information content (AvgIpc) is 2.58. The molecule has 0 atom stereocenters. The second kappa shape index (κ2) is 10.1. The summed E-state index contributed by atoms with van der Waals surface area (Å²) in [5.41, 5.74) is 0. The Morgan fingerprint density at radius 3 is 1.09 bits per heavy atom. The molecule has 0 aromatic heterocycles. The monoisotopic (exact) mass is 292 g/mol. The SMILES string of the molecule is B.COc1ccccc1.c1ccc(Oc2ccccc2)cc1. The first-order valence-corrected chi connectivity index (χ1v) is 6.75. The Morgan fingerprint density at radius 1 is 0.500 bits per heavy atom. The van der Waals surface area contributed by atoms with Crippen LogP contribution in [0, 0.1) is 0 Å². The molecule has 0 aliphatic rings. The zero-order valence-electron chi connectivity index (χ0n) is 12.0. The Labute approximate surface area is 133 Å². The van der Waals surface area contributed by atoms with Crippen LogP contribution in [-0.4, -0.2) is 15.5 Å². The minimum Gasteiger partial charge on any atom is -0.497 e. The first kappa shape index (κ1) is 17.4. The van der Waals surface area contributed by atoms with Crippen LogP contribution in [0.5, 0.6) is 17.2 Å². The first-order chi connectivity index (χ1) is 10.4. The maximum absolute atomic E-state index is 5.58. The molecule has 0 spiro atoms. The molecule has 0 saturated carbocycles. The third-order valence-corrected chi connectivity index (χ3v) is 2.70. The van der Waals surface area contributed by atoms with Gasteiger partial charge in [-0.1, -0.05) is 54.6 Å². The van der Waals surface area contributed by atoms with E-state index in [4.69, 9.17) is 9.47 Å². The summed E-state index contributed by atoms with van der Waals surface area (Å²) >= 11 is 0. The topological polar surface area (TPSA) is 18.5 Å². The fourth-order valence-electron chi connectivity index (χ4n) is 1.67. The number of hydrogen-bond donors (Lipinski definition) is 0. The summed E-state index contributed by atoms with van der Waals surface area (Å²) in [7, 11) is 1.66. The zero-order chi connectivity index (χ0) is 14.8. The van der Waals surface area contributed by atoms with Crippen molar-refractivity contribution in [2.75, 3.05) is 7.11 Å². The smallest absolute Gasteiger partial charge is 0.127 e. The van der Waals surface area contributed by atoms with E-state index in [1.165, 1.54) is 0 Å². The fraction of sp³-hybridized carbons (Fsp3) is 0.0526. The van der Waals surface area contributed by atoms with Crippen LogP contribution >= 0.6 is 0 Å². The van der Waals surface area contributed by atoms with Gasteiger partial charge in [-0.3, -0.25) is 0 Å². The van der Waals surface area contributed by atoms with E-state index < -0.39 is 0 Å². The molecule has 22 heavy (non-hydrogen) atoms. The Kier molecular flexibility index (Phi) is 7.99. The maximum Gasteiger partial charge on any atom is 0.127 e. The van der Waals surface area contributed by atoms with Crippen molar-refractivity contribution < 1.29 is 9.47 Å². The van der Waals surface area contributed by atoms with Crippen molar-refractivity contribution in [2.45, 2.75) is 0 Å². The van der Waals surface area contributed by atoms with E-state index in [1.807, 2.05) is 91.0 Å². The normalized spacial score (nSPS) is 8.77. The molecule has 0 aliphatic heterocycles. The van der Waals surface area contributed by atoms with Crippen molar-refractivity contribution in [2.24, 2.45) is 0 Å². The van der Waals surface area contributed by atoms with E-state index in [2.05, 4.69) is 0 Å². The van der Waals surface area contributed by atoms with Gasteiger partial charge in [-0.05, 0) is 36.4 Å². The van der Waals surface area contributed by atoms with Crippen molar-refractivity contribution in [3.05, 3.63) is 91.0 Å². The molecule has 0 N–H and O–H groups in total. The highest BCUT2D eigenvalue weighted by atomic mass is 16.5. The molecule has 2 nitrogen and oxygen atoms in total. The summed E-state index contributed by atoms with van der Waals surface area (Å²) in [5, 5.41) is 0. The van der Waals surface area contributed by atoms with E-state index in [0.717, 1.165) is 17.2 Å². The minimum absolute atomic E-state index is 0. The van der Waals surface area contributed by atoms with Crippen molar-refractivity contribution in [1.82, 2.24) is 0 Å². The van der Waals surface area contributed by atoms with E-state index in [1.54, 1.807) is 7.11 Å². The zero-order valence-corrected chi connectivity index (χ0v) is 12.0. The number of ether oxygens (including phenoxy) is 2. The molecule has 3 aromatic rings. The number of rotatable bonds is 3. The number of hydrogen-bond acceptors (Lipinski definition) is 2. The van der Waals surface area contributed by atoms with Crippen LogP contribution in [0.3, 0.4) is 0 Å². The van der Waals surface area contributed by atoms with Gasteiger partial charge in [-0.15, -0.1) is 0 Å². The van der Waals surface area contributed by atoms with Gasteiger partial charge >= 0.3 is 0 Å². The predicted molar refractivity (Wildman–Crippen MR) is 95.9 cm³/mol. The van der Waals surface area contributed by atoms with Gasteiger partial charge in [0.15, 0.2) is 0 Å². The average molecular weight is 292 g/mol. The van der Waals surface area contributed by atoms with Crippen LogP contribution in [0.25, 0.3) is 0 Å². The Balaban J connectivity index is 0.000000234. The lowest BCUT2D eigenvalue weighted by Gasteiger charge is -2.03. The van der Waals surface area contributed by atoms with Crippen LogP contribution in [0.2, 0.25) is 0 Å². The fourth-order valence-corrected chi connectivity index (χ4v) is 1.67. The summed E-state index contributed by atoms with van der Waals surface area (Å²) < 4.78 is 10.5. The van der Waals surface area contributed by atoms with Gasteiger partial charge in [0.2, 0.25) is 0 Å². The molecule has 0 saturated heterocycles. The molecule has 3 heteroatoms. The predicted octanol–water partition coefficient (Wildman–Crippen LogP) is 3.99. The Morgan fingerprint density at radius 2 is 0.818 bits per heavy atom. The van der Waals surface area contributed by atoms with Crippen LogP contribution in [-0.2, 0) is 0 Å². The van der Waals surface area contributed by atoms with Crippen LogP contribution in [0.4, 0.5) is 0 Å².